The molecule has 1 aromatic carbocycles. The maximum atomic E-state index is 13.3. The van der Waals surface area contributed by atoms with E-state index >= 15 is 0 Å². The van der Waals surface area contributed by atoms with Crippen molar-refractivity contribution in [3.63, 3.8) is 0 Å². The zero-order valence-corrected chi connectivity index (χ0v) is 13.3. The second-order valence-corrected chi connectivity index (χ2v) is 5.75. The number of hydrogen-bond acceptors (Lipinski definition) is 3. The third-order valence-electron chi connectivity index (χ3n) is 4.23. The van der Waals surface area contributed by atoms with Crippen LogP contribution in [0.2, 0.25) is 0 Å². The van der Waals surface area contributed by atoms with Crippen LogP contribution in [-0.4, -0.2) is 22.6 Å². The number of urea groups is 1. The molecule has 1 fully saturated rings. The van der Waals surface area contributed by atoms with Gasteiger partial charge in [0.25, 0.3) is 0 Å². The highest BCUT2D eigenvalue weighted by Gasteiger charge is 2.34. The van der Waals surface area contributed by atoms with Crippen LogP contribution in [0.3, 0.4) is 0 Å². The van der Waals surface area contributed by atoms with Gasteiger partial charge in [-0.1, -0.05) is 18.1 Å². The largest absolute Gasteiger partial charge is 0.361 e. The highest BCUT2D eigenvalue weighted by Crippen LogP contribution is 2.36. The van der Waals surface area contributed by atoms with Crippen molar-refractivity contribution in [3.8, 4) is 0 Å². The minimum Gasteiger partial charge on any atom is -0.361 e. The van der Waals surface area contributed by atoms with E-state index < -0.39 is 0 Å². The smallest absolute Gasteiger partial charge is 0.322 e. The Hall–Kier alpha value is -2.37. The Morgan fingerprint density at radius 1 is 1.52 bits per heavy atom. The van der Waals surface area contributed by atoms with Crippen molar-refractivity contribution in [3.05, 3.63) is 47.1 Å². The molecule has 2 aromatic rings. The van der Waals surface area contributed by atoms with Gasteiger partial charge in [0.2, 0.25) is 0 Å². The van der Waals surface area contributed by atoms with Crippen LogP contribution in [0, 0.1) is 12.7 Å². The number of amides is 2. The number of likely N-dealkylation sites (tertiary alicyclic amines) is 1. The van der Waals surface area contributed by atoms with Crippen molar-refractivity contribution in [1.29, 1.82) is 0 Å². The molecular weight excluding hydrogens is 297 g/mol. The minimum absolute atomic E-state index is 0.0373. The van der Waals surface area contributed by atoms with E-state index in [9.17, 15) is 9.18 Å². The molecule has 1 atom stereocenters. The number of carbonyl (C=O) groups excluding carboxylic acids is 1. The monoisotopic (exact) mass is 317 g/mol. The number of aromatic nitrogens is 1. The van der Waals surface area contributed by atoms with Gasteiger partial charge in [-0.3, -0.25) is 0 Å². The van der Waals surface area contributed by atoms with Gasteiger partial charge in [0.15, 0.2) is 0 Å². The Bertz CT molecular complexity index is 714. The van der Waals surface area contributed by atoms with Crippen LogP contribution in [0.4, 0.5) is 14.9 Å². The van der Waals surface area contributed by atoms with Crippen molar-refractivity contribution in [2.24, 2.45) is 0 Å². The molecular formula is C17H20FN3O2. The van der Waals surface area contributed by atoms with Crippen LogP contribution < -0.4 is 5.32 Å². The first-order valence-corrected chi connectivity index (χ1v) is 7.88. The SMILES string of the molecule is CCc1onc(C)c1C1CCCN1C(=O)Nc1cccc(F)c1. The zero-order chi connectivity index (χ0) is 16.4. The summed E-state index contributed by atoms with van der Waals surface area (Å²) >= 11 is 0. The Morgan fingerprint density at radius 2 is 2.35 bits per heavy atom. The summed E-state index contributed by atoms with van der Waals surface area (Å²) in [5.41, 5.74) is 2.30. The molecule has 0 spiro atoms. The molecule has 1 aliphatic heterocycles. The van der Waals surface area contributed by atoms with Gasteiger partial charge >= 0.3 is 6.03 Å². The van der Waals surface area contributed by atoms with Crippen LogP contribution in [-0.2, 0) is 6.42 Å². The first kappa shape index (κ1) is 15.5. The van der Waals surface area contributed by atoms with Gasteiger partial charge in [-0.05, 0) is 38.0 Å². The lowest BCUT2D eigenvalue weighted by Gasteiger charge is -2.25. The summed E-state index contributed by atoms with van der Waals surface area (Å²) in [7, 11) is 0. The second-order valence-electron chi connectivity index (χ2n) is 5.75. The lowest BCUT2D eigenvalue weighted by Crippen LogP contribution is -2.34. The van der Waals surface area contributed by atoms with E-state index in [2.05, 4.69) is 10.5 Å². The molecule has 5 nitrogen and oxygen atoms in total. The maximum Gasteiger partial charge on any atom is 0.322 e. The zero-order valence-electron chi connectivity index (χ0n) is 13.3. The van der Waals surface area contributed by atoms with Crippen LogP contribution >= 0.6 is 0 Å². The molecule has 1 N–H and O–H groups in total. The number of halogens is 1. The number of hydrogen-bond donors (Lipinski definition) is 1. The first-order chi connectivity index (χ1) is 11.1. The molecule has 0 saturated carbocycles. The first-order valence-electron chi connectivity index (χ1n) is 7.88. The van der Waals surface area contributed by atoms with Crippen molar-refractivity contribution < 1.29 is 13.7 Å². The Labute approximate surface area is 134 Å². The molecule has 1 unspecified atom stereocenters. The standard InChI is InChI=1S/C17H20FN3O2/c1-3-15-16(11(2)20-23-15)14-8-5-9-21(14)17(22)19-13-7-4-6-12(18)10-13/h4,6-7,10,14H,3,5,8-9H2,1-2H3,(H,19,22). The molecule has 23 heavy (non-hydrogen) atoms. The quantitative estimate of drug-likeness (QED) is 0.929. The molecule has 0 aliphatic carbocycles. The van der Waals surface area contributed by atoms with Gasteiger partial charge in [-0.25, -0.2) is 9.18 Å². The lowest BCUT2D eigenvalue weighted by molar-refractivity contribution is 0.206. The van der Waals surface area contributed by atoms with Crippen LogP contribution in [0.1, 0.15) is 42.8 Å². The lowest BCUT2D eigenvalue weighted by atomic mass is 10.0. The normalized spacial score (nSPS) is 17.5. The molecule has 0 radical (unpaired) electrons. The summed E-state index contributed by atoms with van der Waals surface area (Å²) in [6.45, 7) is 4.58. The third-order valence-corrected chi connectivity index (χ3v) is 4.23. The van der Waals surface area contributed by atoms with Crippen molar-refractivity contribution in [1.82, 2.24) is 10.1 Å². The summed E-state index contributed by atoms with van der Waals surface area (Å²) in [5, 5.41) is 6.81. The number of nitrogens with zero attached hydrogens (tertiary/aromatic N) is 2. The predicted octanol–water partition coefficient (Wildman–Crippen LogP) is 4.05. The topological polar surface area (TPSA) is 58.4 Å². The summed E-state index contributed by atoms with van der Waals surface area (Å²) in [6.07, 6.45) is 2.55. The Kier molecular flexibility index (Phi) is 4.32. The molecule has 1 aliphatic rings. The van der Waals surface area contributed by atoms with Gasteiger partial charge in [-0.2, -0.15) is 0 Å². The fraction of sp³-hybridized carbons (Fsp3) is 0.412. The fourth-order valence-electron chi connectivity index (χ4n) is 3.18. The van der Waals surface area contributed by atoms with E-state index in [0.29, 0.717) is 12.2 Å². The molecule has 0 bridgehead atoms. The second kappa shape index (κ2) is 6.40. The van der Waals surface area contributed by atoms with Crippen molar-refractivity contribution in [2.75, 3.05) is 11.9 Å². The molecule has 122 valence electrons. The number of carbonyl (C=O) groups is 1. The van der Waals surface area contributed by atoms with E-state index in [1.807, 2.05) is 13.8 Å². The van der Waals surface area contributed by atoms with Gasteiger partial charge in [-0.15, -0.1) is 0 Å². The van der Waals surface area contributed by atoms with Gasteiger partial charge in [0.1, 0.15) is 11.6 Å². The molecule has 2 heterocycles. The average molecular weight is 317 g/mol. The summed E-state index contributed by atoms with van der Waals surface area (Å²) in [6, 6.07) is 5.65. The maximum absolute atomic E-state index is 13.3. The molecule has 1 saturated heterocycles. The number of nitrogens with one attached hydrogen (secondary N) is 1. The van der Waals surface area contributed by atoms with E-state index in [4.69, 9.17) is 4.52 Å². The summed E-state index contributed by atoms with van der Waals surface area (Å²) < 4.78 is 18.6. The Balaban J connectivity index is 1.81. The molecule has 1 aromatic heterocycles. The van der Waals surface area contributed by atoms with Crippen LogP contribution in [0.25, 0.3) is 0 Å². The third kappa shape index (κ3) is 3.06. The Morgan fingerprint density at radius 3 is 3.09 bits per heavy atom. The number of aryl methyl sites for hydroxylation is 2. The van der Waals surface area contributed by atoms with Crippen LogP contribution in [0.5, 0.6) is 0 Å². The molecule has 6 heteroatoms. The van der Waals surface area contributed by atoms with Crippen LogP contribution in [0.15, 0.2) is 28.8 Å². The van der Waals surface area contributed by atoms with Gasteiger partial charge < -0.3 is 14.7 Å². The van der Waals surface area contributed by atoms with E-state index in [0.717, 1.165) is 36.3 Å². The van der Waals surface area contributed by atoms with E-state index in [1.165, 1.54) is 12.1 Å². The number of rotatable bonds is 3. The van der Waals surface area contributed by atoms with Gasteiger partial charge in [0, 0.05) is 24.2 Å². The number of anilines is 1. The van der Waals surface area contributed by atoms with Gasteiger partial charge in [0.05, 0.1) is 11.7 Å². The minimum atomic E-state index is -0.371. The summed E-state index contributed by atoms with van der Waals surface area (Å²) in [4.78, 5) is 14.4. The molecule has 3 rings (SSSR count). The predicted molar refractivity (Wildman–Crippen MR) is 84.7 cm³/mol. The van der Waals surface area contributed by atoms with Crippen molar-refractivity contribution >= 4 is 11.7 Å². The van der Waals surface area contributed by atoms with E-state index in [-0.39, 0.29) is 17.9 Å². The number of benzene rings is 1. The molecule has 2 amide bonds. The van der Waals surface area contributed by atoms with E-state index in [1.54, 1.807) is 17.0 Å². The highest BCUT2D eigenvalue weighted by atomic mass is 19.1. The fourth-order valence-corrected chi connectivity index (χ4v) is 3.18. The highest BCUT2D eigenvalue weighted by molar-refractivity contribution is 5.89. The summed E-state index contributed by atoms with van der Waals surface area (Å²) in [5.74, 6) is 0.460. The van der Waals surface area contributed by atoms with Crippen molar-refractivity contribution in [2.45, 2.75) is 39.2 Å². The average Bonchev–Trinajstić information content (AvgIpc) is 3.13.